The molecule has 6 aliphatic heterocycles. The van der Waals surface area contributed by atoms with E-state index in [0.29, 0.717) is 12.8 Å². The minimum Gasteiger partial charge on any atom is -0.456 e. The van der Waals surface area contributed by atoms with Crippen LogP contribution in [-0.4, -0.2) is 247 Å². The van der Waals surface area contributed by atoms with Crippen LogP contribution >= 0.6 is 0 Å². The van der Waals surface area contributed by atoms with E-state index < -0.39 is 176 Å². The van der Waals surface area contributed by atoms with Gasteiger partial charge in [0.05, 0.1) is 50.3 Å². The summed E-state index contributed by atoms with van der Waals surface area (Å²) in [5, 5.41) is 133. The number of cyclic esters (lactones) is 1. The molecular formula is C54H86O24. The van der Waals surface area contributed by atoms with Gasteiger partial charge in [-0.2, -0.15) is 0 Å². The van der Waals surface area contributed by atoms with E-state index in [9.17, 15) is 66.1 Å². The third-order valence-corrected chi connectivity index (χ3v) is 21.0. The molecule has 0 aromatic heterocycles. The van der Waals surface area contributed by atoms with Crippen molar-refractivity contribution in [1.82, 2.24) is 0 Å². The third-order valence-electron chi connectivity index (χ3n) is 21.0. The van der Waals surface area contributed by atoms with Crippen LogP contribution in [0.25, 0.3) is 0 Å². The minimum absolute atomic E-state index is 0.00724. The second-order valence-corrected chi connectivity index (χ2v) is 25.9. The molecule has 0 amide bonds. The Morgan fingerprint density at radius 2 is 1.17 bits per heavy atom. The molecule has 4 aliphatic carbocycles. The Morgan fingerprint density at radius 1 is 0.577 bits per heavy atom. The summed E-state index contributed by atoms with van der Waals surface area (Å²) in [4.78, 5) is 14.6. The Kier molecular flexibility index (Phi) is 16.4. The van der Waals surface area contributed by atoms with Crippen molar-refractivity contribution >= 4 is 5.97 Å². The van der Waals surface area contributed by atoms with Crippen LogP contribution in [-0.2, 0) is 56.9 Å². The molecule has 6 saturated heterocycles. The van der Waals surface area contributed by atoms with Crippen LogP contribution in [0.4, 0.5) is 0 Å². The topological polar surface area (TPSA) is 361 Å². The van der Waals surface area contributed by atoms with Gasteiger partial charge in [0.2, 0.25) is 0 Å². The summed E-state index contributed by atoms with van der Waals surface area (Å²) in [6, 6.07) is 0. The maximum Gasteiger partial charge on any atom is 0.316 e. The molecule has 0 unspecified atom stereocenters. The molecular weight excluding hydrogens is 1030 g/mol. The first-order valence-electron chi connectivity index (χ1n) is 28.0. The molecule has 0 radical (unpaired) electrons. The van der Waals surface area contributed by atoms with Crippen molar-refractivity contribution < 1.29 is 118 Å². The molecule has 6 heterocycles. The summed E-state index contributed by atoms with van der Waals surface area (Å²) in [7, 11) is 1.19. The number of carbonyl (C=O) groups is 1. The fourth-order valence-corrected chi connectivity index (χ4v) is 16.8. The zero-order chi connectivity index (χ0) is 56.6. The monoisotopic (exact) mass is 1120 g/mol. The highest BCUT2D eigenvalue weighted by molar-refractivity contribution is 5.84. The van der Waals surface area contributed by atoms with Gasteiger partial charge in [-0.1, -0.05) is 39.3 Å². The van der Waals surface area contributed by atoms with Crippen molar-refractivity contribution in [3.05, 3.63) is 11.6 Å². The molecule has 446 valence electrons. The molecule has 1 spiro atoms. The molecule has 0 aromatic rings. The number of ether oxygens (including phenoxy) is 11. The van der Waals surface area contributed by atoms with Crippen LogP contribution in [0.2, 0.25) is 0 Å². The molecule has 29 atom stereocenters. The summed E-state index contributed by atoms with van der Waals surface area (Å²) in [6.45, 7) is 12.0. The first kappa shape index (κ1) is 59.5. The number of aliphatic hydroxyl groups is 12. The van der Waals surface area contributed by atoms with Crippen LogP contribution in [0.15, 0.2) is 11.6 Å². The summed E-state index contributed by atoms with van der Waals surface area (Å²) in [6.07, 6.45) is -25.7. The lowest BCUT2D eigenvalue weighted by atomic mass is 9.40. The number of rotatable bonds is 13. The SMILES string of the molecule is CO[C@@H]1[C@@H](O)[C@H](O[C@@H]2[C@@H](O)[C@H](O[C@@H]3[C@@H](O)[C@@H](O)[C@H](O[C@H]4[C@H](O[C@H]5CC[C@]6(C)C7=C[C@H](O)[C@]89C(=O)O[C@@](C)([C@@H]%10CCC(C)(C)O%10)[C@H]8CC[C@@]9(C)[C@@H]7CC[C@H]6C5(C)C)OC[C@H](O)[C@@H]4O)O[C@@H]3CO)O[C@H](CO)[C@H]2O)O[C@H](CO)[C@H]1O. The number of hydrogen-bond donors (Lipinski definition) is 12. The fraction of sp³-hybridized carbons (Fsp3) is 0.944. The Labute approximate surface area is 453 Å². The molecule has 0 aromatic carbocycles. The van der Waals surface area contributed by atoms with E-state index in [4.69, 9.17) is 52.1 Å². The highest BCUT2D eigenvalue weighted by atomic mass is 16.8. The average Bonchev–Trinajstić information content (AvgIpc) is 4.22. The minimum atomic E-state index is -2.00. The Balaban J connectivity index is 0.826. The van der Waals surface area contributed by atoms with Crippen molar-refractivity contribution in [3.63, 3.8) is 0 Å². The van der Waals surface area contributed by atoms with Crippen LogP contribution in [0.1, 0.15) is 99.8 Å². The van der Waals surface area contributed by atoms with E-state index in [0.717, 1.165) is 44.1 Å². The fourth-order valence-electron chi connectivity index (χ4n) is 16.8. The number of allylic oxidation sites excluding steroid dienone is 1. The van der Waals surface area contributed by atoms with Gasteiger partial charge in [-0.25, -0.2) is 0 Å². The molecule has 10 rings (SSSR count). The van der Waals surface area contributed by atoms with Gasteiger partial charge in [0.15, 0.2) is 25.2 Å². The maximum atomic E-state index is 14.6. The zero-order valence-electron chi connectivity index (χ0n) is 45.8. The van der Waals surface area contributed by atoms with Gasteiger partial charge < -0.3 is 113 Å². The predicted octanol–water partition coefficient (Wildman–Crippen LogP) is -2.23. The van der Waals surface area contributed by atoms with Crippen LogP contribution in [0.5, 0.6) is 0 Å². The summed E-state index contributed by atoms with van der Waals surface area (Å²) in [5.74, 6) is -0.547. The Hall–Kier alpha value is -1.67. The lowest BCUT2D eigenvalue weighted by molar-refractivity contribution is -0.392. The van der Waals surface area contributed by atoms with Crippen molar-refractivity contribution in [1.29, 1.82) is 0 Å². The van der Waals surface area contributed by atoms with Crippen molar-refractivity contribution in [3.8, 4) is 0 Å². The summed E-state index contributed by atoms with van der Waals surface area (Å²) < 4.78 is 66.1. The van der Waals surface area contributed by atoms with E-state index >= 15 is 0 Å². The standard InChI is InChI=1S/C54H86O24/c1-49(2)14-12-32(77-49)53(7)29-11-16-52(6)22-9-10-28-50(3,4)31(13-15-51(28,5)23(22)17-30(59)54(29,52)48(67)78-53)73-47-43(33(60)24(58)21-69-47)76-44-37(64)36(63)40(27(20-57)72-44)74-46-39(66)42(35(62)26(19-56)71-46)75-45-38(65)41(68-8)34(61)25(18-55)70-45/h17,22,24-47,55-66H,9-16,18-21H2,1-8H3/t22-,24+,25-,26-,27-,28+,29-,30+,31+,32+,33+,34-,35-,36+,37-,38-,39-,40+,41+,42+,43-,44+,45+,46+,47+,51-,52+,53-,54+/m1/s1. The lowest BCUT2D eigenvalue weighted by Gasteiger charge is -2.64. The van der Waals surface area contributed by atoms with Gasteiger partial charge in [-0.3, -0.25) is 4.79 Å². The van der Waals surface area contributed by atoms with Crippen molar-refractivity contribution in [2.24, 2.45) is 39.4 Å². The van der Waals surface area contributed by atoms with E-state index in [2.05, 4.69) is 41.5 Å². The highest BCUT2D eigenvalue weighted by Gasteiger charge is 2.80. The highest BCUT2D eigenvalue weighted by Crippen LogP contribution is 2.76. The van der Waals surface area contributed by atoms with Gasteiger partial charge in [0.1, 0.15) is 103 Å². The van der Waals surface area contributed by atoms with E-state index in [-0.39, 0.29) is 42.0 Å². The Bertz CT molecular complexity index is 2180. The van der Waals surface area contributed by atoms with Crippen LogP contribution in [0, 0.1) is 39.4 Å². The van der Waals surface area contributed by atoms with E-state index in [1.165, 1.54) is 7.11 Å². The van der Waals surface area contributed by atoms with E-state index in [1.54, 1.807) is 0 Å². The molecule has 0 bridgehead atoms. The summed E-state index contributed by atoms with van der Waals surface area (Å²) in [5.41, 5.74) is -2.74. The molecule has 12 N–H and O–H groups in total. The largest absolute Gasteiger partial charge is 0.456 e. The first-order chi connectivity index (χ1) is 36.7. The first-order valence-corrected chi connectivity index (χ1v) is 28.0. The quantitative estimate of drug-likeness (QED) is 0.0527. The number of methoxy groups -OCH3 is 1. The number of aliphatic hydroxyl groups excluding tert-OH is 12. The van der Waals surface area contributed by atoms with Crippen molar-refractivity contribution in [2.75, 3.05) is 33.5 Å². The second-order valence-electron chi connectivity index (χ2n) is 25.9. The normalized spacial score (nSPS) is 54.6. The van der Waals surface area contributed by atoms with E-state index in [1.807, 2.05) is 13.0 Å². The van der Waals surface area contributed by atoms with Crippen LogP contribution in [0.3, 0.4) is 0 Å². The Morgan fingerprint density at radius 3 is 1.78 bits per heavy atom. The number of fused-ring (bicyclic) bond motifs is 4. The van der Waals surface area contributed by atoms with Gasteiger partial charge in [0, 0.05) is 13.0 Å². The van der Waals surface area contributed by atoms with Gasteiger partial charge in [-0.15, -0.1) is 0 Å². The second kappa shape index (κ2) is 21.4. The molecule has 10 aliphatic rings. The molecule has 78 heavy (non-hydrogen) atoms. The smallest absolute Gasteiger partial charge is 0.316 e. The summed E-state index contributed by atoms with van der Waals surface area (Å²) >= 11 is 0. The van der Waals surface area contributed by atoms with Gasteiger partial charge in [0.25, 0.3) is 0 Å². The van der Waals surface area contributed by atoms with Crippen molar-refractivity contribution in [2.45, 2.75) is 246 Å². The average molecular weight is 1120 g/mol. The molecule has 3 saturated carbocycles. The number of carbonyl (C=O) groups excluding carboxylic acids is 1. The number of esters is 1. The maximum absolute atomic E-state index is 14.6. The molecule has 24 nitrogen and oxygen atoms in total. The van der Waals surface area contributed by atoms with Gasteiger partial charge >= 0.3 is 5.97 Å². The molecule has 9 fully saturated rings. The predicted molar refractivity (Wildman–Crippen MR) is 263 cm³/mol. The lowest BCUT2D eigenvalue weighted by Crippen LogP contribution is -2.67. The number of hydrogen-bond acceptors (Lipinski definition) is 24. The zero-order valence-corrected chi connectivity index (χ0v) is 45.8. The van der Waals surface area contributed by atoms with Gasteiger partial charge in [-0.05, 0) is 100 Å². The molecule has 24 heteroatoms. The third kappa shape index (κ3) is 9.12. The van der Waals surface area contributed by atoms with Crippen LogP contribution < -0.4 is 0 Å².